The average Bonchev–Trinajstić information content (AvgIpc) is 3.28. The zero-order chi connectivity index (χ0) is 19.2. The second-order valence-corrected chi connectivity index (χ2v) is 8.61. The van der Waals surface area contributed by atoms with Crippen LogP contribution in [0.2, 0.25) is 0 Å². The summed E-state index contributed by atoms with van der Waals surface area (Å²) in [5, 5.41) is 14.1. The van der Waals surface area contributed by atoms with Gasteiger partial charge in [0.15, 0.2) is 5.65 Å². The van der Waals surface area contributed by atoms with Gasteiger partial charge in [-0.05, 0) is 47.5 Å². The van der Waals surface area contributed by atoms with E-state index in [1.807, 2.05) is 17.2 Å². The first-order valence-corrected chi connectivity index (χ1v) is 9.70. The Morgan fingerprint density at radius 2 is 1.85 bits per heavy atom. The summed E-state index contributed by atoms with van der Waals surface area (Å²) in [6.07, 6.45) is 7.50. The number of hydrogen-bond acceptors (Lipinski definition) is 6. The third-order valence-corrected chi connectivity index (χ3v) is 5.30. The molecule has 0 N–H and O–H groups in total. The van der Waals surface area contributed by atoms with E-state index in [1.54, 1.807) is 6.33 Å². The quantitative estimate of drug-likeness (QED) is 0.707. The van der Waals surface area contributed by atoms with Crippen molar-refractivity contribution < 1.29 is 0 Å². The van der Waals surface area contributed by atoms with Gasteiger partial charge in [0.25, 0.3) is 0 Å². The molecule has 4 heterocycles. The fourth-order valence-corrected chi connectivity index (χ4v) is 3.87. The molecule has 144 valence electrons. The van der Waals surface area contributed by atoms with Crippen LogP contribution in [0.15, 0.2) is 18.9 Å². The topological polar surface area (TPSA) is 77.6 Å². The molecule has 0 bridgehead atoms. The monoisotopic (exact) mass is 368 g/mol. The molecule has 4 rings (SSSR count). The first-order valence-electron chi connectivity index (χ1n) is 9.70. The van der Waals surface area contributed by atoms with Crippen LogP contribution in [-0.4, -0.2) is 47.6 Å². The van der Waals surface area contributed by atoms with E-state index in [4.69, 9.17) is 0 Å². The predicted octanol–water partition coefficient (Wildman–Crippen LogP) is 3.14. The van der Waals surface area contributed by atoms with Gasteiger partial charge in [0.05, 0.1) is 17.1 Å². The van der Waals surface area contributed by atoms with Crippen molar-refractivity contribution >= 4 is 16.9 Å². The predicted molar refractivity (Wildman–Crippen MR) is 105 cm³/mol. The molecule has 1 saturated heterocycles. The average molecular weight is 368 g/mol. The van der Waals surface area contributed by atoms with Crippen LogP contribution in [0.1, 0.15) is 65.2 Å². The second-order valence-electron chi connectivity index (χ2n) is 8.61. The van der Waals surface area contributed by atoms with E-state index < -0.39 is 0 Å². The van der Waals surface area contributed by atoms with E-state index in [2.05, 4.69) is 69.3 Å². The summed E-state index contributed by atoms with van der Waals surface area (Å²) in [5.74, 6) is 2.54. The van der Waals surface area contributed by atoms with Gasteiger partial charge < -0.3 is 9.47 Å². The zero-order valence-electron chi connectivity index (χ0n) is 16.8. The number of nitrogens with zero attached hydrogens (tertiary/aromatic N) is 8. The van der Waals surface area contributed by atoms with Crippen molar-refractivity contribution in [3.8, 4) is 0 Å². The molecule has 0 atom stereocenters. The molecule has 3 aromatic heterocycles. The highest BCUT2D eigenvalue weighted by Crippen LogP contribution is 2.32. The smallest absolute Gasteiger partial charge is 0.163 e. The van der Waals surface area contributed by atoms with E-state index in [0.29, 0.717) is 12.0 Å². The number of anilines is 1. The van der Waals surface area contributed by atoms with Crippen LogP contribution in [0.25, 0.3) is 11.0 Å². The summed E-state index contributed by atoms with van der Waals surface area (Å²) in [6.45, 7) is 12.6. The molecular weight excluding hydrogens is 340 g/mol. The Morgan fingerprint density at radius 1 is 1.11 bits per heavy atom. The van der Waals surface area contributed by atoms with Crippen molar-refractivity contribution in [3.63, 3.8) is 0 Å². The lowest BCUT2D eigenvalue weighted by Gasteiger charge is -2.33. The van der Waals surface area contributed by atoms with Gasteiger partial charge >= 0.3 is 0 Å². The molecule has 0 amide bonds. The Balaban J connectivity index is 1.57. The Labute approximate surface area is 159 Å². The maximum Gasteiger partial charge on any atom is 0.163 e. The van der Waals surface area contributed by atoms with Gasteiger partial charge in [0, 0.05) is 25.0 Å². The van der Waals surface area contributed by atoms with E-state index in [1.165, 1.54) is 0 Å². The van der Waals surface area contributed by atoms with Crippen molar-refractivity contribution in [2.75, 3.05) is 18.0 Å². The van der Waals surface area contributed by atoms with Gasteiger partial charge in [0.1, 0.15) is 24.3 Å². The van der Waals surface area contributed by atoms with Gasteiger partial charge in [0.2, 0.25) is 0 Å². The van der Waals surface area contributed by atoms with E-state index in [9.17, 15) is 0 Å². The molecule has 0 saturated carbocycles. The van der Waals surface area contributed by atoms with Gasteiger partial charge in [-0.15, -0.1) is 10.2 Å². The molecule has 1 aliphatic rings. The highest BCUT2D eigenvalue weighted by molar-refractivity contribution is 5.86. The summed E-state index contributed by atoms with van der Waals surface area (Å²) >= 11 is 0. The van der Waals surface area contributed by atoms with Crippen molar-refractivity contribution in [2.24, 2.45) is 0 Å². The molecule has 0 unspecified atom stereocenters. The number of aromatic nitrogens is 7. The Kier molecular flexibility index (Phi) is 4.36. The zero-order valence-corrected chi connectivity index (χ0v) is 16.8. The minimum absolute atomic E-state index is 0.110. The Hall–Kier alpha value is -2.51. The van der Waals surface area contributed by atoms with Crippen LogP contribution in [0, 0.1) is 0 Å². The maximum atomic E-state index is 4.59. The number of rotatable bonds is 3. The standard InChI is InChI=1S/C19H28N8/c1-13(2)26-12-22-24-16(26)14-6-8-25(9-7-14)17-15-10-23-27(19(3,4)5)18(15)21-11-20-17/h10-14H,6-9H2,1-5H3. The lowest BCUT2D eigenvalue weighted by Crippen LogP contribution is -2.34. The first-order chi connectivity index (χ1) is 12.9. The van der Waals surface area contributed by atoms with Crippen LogP contribution in [0.3, 0.4) is 0 Å². The minimum Gasteiger partial charge on any atom is -0.356 e. The number of hydrogen-bond donors (Lipinski definition) is 0. The highest BCUT2D eigenvalue weighted by atomic mass is 15.3. The fourth-order valence-electron chi connectivity index (χ4n) is 3.87. The Morgan fingerprint density at radius 3 is 2.52 bits per heavy atom. The lowest BCUT2D eigenvalue weighted by molar-refractivity contribution is 0.366. The molecule has 1 fully saturated rings. The van der Waals surface area contributed by atoms with E-state index >= 15 is 0 Å². The molecule has 3 aromatic rings. The van der Waals surface area contributed by atoms with Crippen molar-refractivity contribution in [2.45, 2.75) is 65.0 Å². The van der Waals surface area contributed by atoms with Crippen LogP contribution in [0.4, 0.5) is 5.82 Å². The third kappa shape index (κ3) is 3.17. The number of fused-ring (bicyclic) bond motifs is 1. The fraction of sp³-hybridized carbons (Fsp3) is 0.632. The van der Waals surface area contributed by atoms with Gasteiger partial charge in [-0.2, -0.15) is 5.10 Å². The van der Waals surface area contributed by atoms with E-state index in [0.717, 1.165) is 48.6 Å². The van der Waals surface area contributed by atoms with Gasteiger partial charge in [-0.3, -0.25) is 0 Å². The van der Waals surface area contributed by atoms with Crippen molar-refractivity contribution in [1.82, 2.24) is 34.5 Å². The summed E-state index contributed by atoms with van der Waals surface area (Å²) in [7, 11) is 0. The minimum atomic E-state index is -0.110. The maximum absolute atomic E-state index is 4.59. The molecular formula is C19H28N8. The van der Waals surface area contributed by atoms with Crippen molar-refractivity contribution in [3.05, 3.63) is 24.7 Å². The van der Waals surface area contributed by atoms with Crippen molar-refractivity contribution in [1.29, 1.82) is 0 Å². The van der Waals surface area contributed by atoms with Crippen LogP contribution in [0.5, 0.6) is 0 Å². The highest BCUT2D eigenvalue weighted by Gasteiger charge is 2.28. The molecule has 8 nitrogen and oxygen atoms in total. The number of piperidine rings is 1. The SMILES string of the molecule is CC(C)n1cnnc1C1CCN(c2ncnc3c2cnn3C(C)(C)C)CC1. The third-order valence-electron chi connectivity index (χ3n) is 5.30. The summed E-state index contributed by atoms with van der Waals surface area (Å²) in [5.41, 5.74) is 0.788. The summed E-state index contributed by atoms with van der Waals surface area (Å²) in [4.78, 5) is 11.4. The molecule has 0 aromatic carbocycles. The lowest BCUT2D eigenvalue weighted by atomic mass is 9.95. The van der Waals surface area contributed by atoms with E-state index in [-0.39, 0.29) is 5.54 Å². The molecule has 0 aliphatic carbocycles. The molecule has 0 radical (unpaired) electrons. The molecule has 27 heavy (non-hydrogen) atoms. The van der Waals surface area contributed by atoms with Crippen LogP contribution >= 0.6 is 0 Å². The van der Waals surface area contributed by atoms with Crippen LogP contribution < -0.4 is 4.90 Å². The summed E-state index contributed by atoms with van der Waals surface area (Å²) in [6, 6.07) is 0.387. The Bertz CT molecular complexity index is 925. The molecule has 0 spiro atoms. The summed E-state index contributed by atoms with van der Waals surface area (Å²) < 4.78 is 4.17. The second kappa shape index (κ2) is 6.58. The normalized spacial score (nSPS) is 16.6. The molecule has 8 heteroatoms. The van der Waals surface area contributed by atoms with Gasteiger partial charge in [-0.1, -0.05) is 0 Å². The van der Waals surface area contributed by atoms with Gasteiger partial charge in [-0.25, -0.2) is 14.6 Å². The largest absolute Gasteiger partial charge is 0.356 e. The first kappa shape index (κ1) is 17.9. The molecule has 1 aliphatic heterocycles. The van der Waals surface area contributed by atoms with Crippen LogP contribution in [-0.2, 0) is 5.54 Å².